The number of nitriles is 1. The third-order valence-electron chi connectivity index (χ3n) is 2.86. The predicted octanol–water partition coefficient (Wildman–Crippen LogP) is 2.09. The molecule has 22 heavy (non-hydrogen) atoms. The van der Waals surface area contributed by atoms with E-state index >= 15 is 0 Å². The number of rotatable bonds is 3. The van der Waals surface area contributed by atoms with Crippen molar-refractivity contribution in [1.82, 2.24) is 4.98 Å². The van der Waals surface area contributed by atoms with Crippen LogP contribution in [0.4, 0.5) is 22.0 Å². The van der Waals surface area contributed by atoms with Gasteiger partial charge in [0.2, 0.25) is 0 Å². The molecule has 0 radical (unpaired) electrons. The summed E-state index contributed by atoms with van der Waals surface area (Å²) in [7, 11) is 0. The van der Waals surface area contributed by atoms with Gasteiger partial charge in [0.15, 0.2) is 23.0 Å². The van der Waals surface area contributed by atoms with Crippen molar-refractivity contribution in [1.29, 1.82) is 5.26 Å². The first-order chi connectivity index (χ1) is 9.52. The molecule has 0 fully saturated rings. The zero-order valence-electron chi connectivity index (χ0n) is 11.3. The second-order valence-corrected chi connectivity index (χ2v) is 4.47. The summed E-state index contributed by atoms with van der Waals surface area (Å²) in [6.45, 7) is 2.10. The zero-order chi connectivity index (χ0) is 16.5. The van der Waals surface area contributed by atoms with Crippen LogP contribution in [0, 0.1) is 23.0 Å². The van der Waals surface area contributed by atoms with Crippen LogP contribution >= 0.6 is 0 Å². The number of alkyl halides is 3. The minimum Gasteiger partial charge on any atom is -0.393 e. The van der Waals surface area contributed by atoms with Gasteiger partial charge in [-0.05, 0) is 13.8 Å². The number of aromatic nitrogens is 1. The number of hydrogen-bond donors (Lipinski definition) is 2. The third-order valence-corrected chi connectivity index (χ3v) is 2.86. The van der Waals surface area contributed by atoms with E-state index in [0.29, 0.717) is 0 Å². The van der Waals surface area contributed by atoms with Gasteiger partial charge in [-0.2, -0.15) is 18.4 Å². The molecule has 0 aliphatic heterocycles. The number of aliphatic hydroxyl groups excluding tert-OH is 2. The minimum absolute atomic E-state index is 0. The Balaban J connectivity index is 0.00000441. The van der Waals surface area contributed by atoms with Crippen molar-refractivity contribution < 1.29 is 49.2 Å². The molecule has 0 spiro atoms. The molecule has 1 aromatic heterocycles. The Bertz CT molecular complexity index is 576. The molecule has 1 heterocycles. The van der Waals surface area contributed by atoms with Crippen molar-refractivity contribution in [3.63, 3.8) is 0 Å². The molecule has 0 bridgehead atoms. The van der Waals surface area contributed by atoms with Crippen LogP contribution in [0.3, 0.4) is 0 Å². The minimum atomic E-state index is -5.25. The van der Waals surface area contributed by atoms with Gasteiger partial charge in [0, 0.05) is 28.6 Å². The summed E-state index contributed by atoms with van der Waals surface area (Å²) in [5.41, 5.74) is -4.54. The molecule has 124 valence electrons. The van der Waals surface area contributed by atoms with Gasteiger partial charge in [-0.15, -0.1) is 0 Å². The van der Waals surface area contributed by atoms with Gasteiger partial charge in [-0.3, -0.25) is 0 Å². The topological polar surface area (TPSA) is 77.1 Å². The van der Waals surface area contributed by atoms with Gasteiger partial charge in [0.05, 0.1) is 12.2 Å². The second kappa shape index (κ2) is 7.33. The largest absolute Gasteiger partial charge is 0.436 e. The molecule has 10 heteroatoms. The maximum Gasteiger partial charge on any atom is 0.436 e. The van der Waals surface area contributed by atoms with Crippen molar-refractivity contribution in [2.24, 2.45) is 0 Å². The van der Waals surface area contributed by atoms with Crippen LogP contribution in [-0.4, -0.2) is 27.4 Å². The molecule has 0 aliphatic rings. The molecular weight excluding hydrogens is 355 g/mol. The van der Waals surface area contributed by atoms with Gasteiger partial charge in [-0.25, -0.2) is 13.8 Å². The molecule has 1 rings (SSSR count). The van der Waals surface area contributed by atoms with Gasteiger partial charge < -0.3 is 10.2 Å². The third kappa shape index (κ3) is 3.92. The average Bonchev–Trinajstić information content (AvgIpc) is 2.31. The zero-order valence-corrected chi connectivity index (χ0v) is 12.4. The Kier molecular flexibility index (Phi) is 6.91. The molecule has 0 aliphatic carbocycles. The van der Waals surface area contributed by atoms with Crippen LogP contribution in [0.1, 0.15) is 36.7 Å². The number of nitrogens with zero attached hydrogens (tertiary/aromatic N) is 2. The van der Waals surface area contributed by atoms with Crippen LogP contribution in [0.5, 0.6) is 0 Å². The van der Waals surface area contributed by atoms with Gasteiger partial charge in [-0.1, -0.05) is 0 Å². The van der Waals surface area contributed by atoms with Crippen molar-refractivity contribution >= 4 is 0 Å². The van der Waals surface area contributed by atoms with Crippen LogP contribution in [0.2, 0.25) is 0 Å². The fourth-order valence-electron chi connectivity index (χ4n) is 2.00. The second-order valence-electron chi connectivity index (χ2n) is 4.47. The Morgan fingerprint density at radius 2 is 1.55 bits per heavy atom. The number of halogens is 5. The van der Waals surface area contributed by atoms with E-state index in [9.17, 15) is 32.2 Å². The van der Waals surface area contributed by atoms with E-state index in [2.05, 4.69) is 4.98 Å². The summed E-state index contributed by atoms with van der Waals surface area (Å²) < 4.78 is 66.0. The molecule has 4 nitrogen and oxygen atoms in total. The van der Waals surface area contributed by atoms with Crippen molar-refractivity contribution in [3.8, 4) is 6.07 Å². The van der Waals surface area contributed by atoms with Crippen molar-refractivity contribution in [2.45, 2.75) is 38.1 Å². The van der Waals surface area contributed by atoms with Crippen LogP contribution < -0.4 is 0 Å². The first-order valence-corrected chi connectivity index (χ1v) is 5.74. The smallest absolute Gasteiger partial charge is 0.393 e. The van der Waals surface area contributed by atoms with E-state index in [1.165, 1.54) is 0 Å². The fraction of sp³-hybridized carbons (Fsp3) is 0.500. The number of aliphatic hydroxyl groups is 2. The van der Waals surface area contributed by atoms with Gasteiger partial charge in [0.25, 0.3) is 0 Å². The van der Waals surface area contributed by atoms with Crippen LogP contribution in [0.15, 0.2) is 0 Å². The number of hydrogen-bond acceptors (Lipinski definition) is 4. The summed E-state index contributed by atoms with van der Waals surface area (Å²) in [4.78, 5) is 2.62. The Hall–Kier alpha value is -1.27. The number of pyridine rings is 1. The molecule has 2 unspecified atom stereocenters. The van der Waals surface area contributed by atoms with Crippen LogP contribution in [-0.2, 0) is 23.2 Å². The fourth-order valence-corrected chi connectivity index (χ4v) is 2.00. The van der Waals surface area contributed by atoms with Crippen molar-refractivity contribution in [2.75, 3.05) is 0 Å². The van der Waals surface area contributed by atoms with E-state index in [-0.39, 0.29) is 17.1 Å². The molecule has 2 atom stereocenters. The molecule has 0 saturated heterocycles. The molecule has 0 aromatic carbocycles. The molecule has 0 saturated carbocycles. The first kappa shape index (κ1) is 20.7. The van der Waals surface area contributed by atoms with E-state index in [0.717, 1.165) is 19.9 Å². The normalized spacial score (nSPS) is 15.5. The quantitative estimate of drug-likeness (QED) is 0.635. The maximum atomic E-state index is 14.0. The SMILES string of the molecule is CC(O)C(c1c(F)c(C#N)nc(C(F)(F)F)c1F)C(C)O.[Fe]. The molecule has 0 amide bonds. The monoisotopic (exact) mass is 366 g/mol. The van der Waals surface area contributed by atoms with E-state index in [1.54, 1.807) is 0 Å². The van der Waals surface area contributed by atoms with Crippen molar-refractivity contribution in [3.05, 3.63) is 28.6 Å². The Morgan fingerprint density at radius 1 is 1.09 bits per heavy atom. The summed E-state index contributed by atoms with van der Waals surface area (Å²) in [6, 6.07) is 1.09. The molecule has 1 aromatic rings. The van der Waals surface area contributed by atoms with Crippen LogP contribution in [0.25, 0.3) is 0 Å². The summed E-state index contributed by atoms with van der Waals surface area (Å²) in [6.07, 6.45) is -8.35. The predicted molar refractivity (Wildman–Crippen MR) is 60.0 cm³/mol. The van der Waals surface area contributed by atoms with Gasteiger partial charge in [0.1, 0.15) is 6.07 Å². The standard InChI is InChI=1S/C12H11F5N2O2.Fe/c1-4(20)7(5(2)21)8-9(13)6(3-18)19-11(10(8)14)12(15,16)17;/h4-5,7,20-21H,1-2H3;. The molecule has 2 N–H and O–H groups in total. The summed E-state index contributed by atoms with van der Waals surface area (Å²) >= 11 is 0. The average molecular weight is 366 g/mol. The van der Waals surface area contributed by atoms with E-state index in [1.807, 2.05) is 0 Å². The summed E-state index contributed by atoms with van der Waals surface area (Å²) in [5.74, 6) is -5.36. The Morgan fingerprint density at radius 3 is 1.86 bits per heavy atom. The Labute approximate surface area is 133 Å². The summed E-state index contributed by atoms with van der Waals surface area (Å²) in [5, 5.41) is 27.5. The maximum absolute atomic E-state index is 14.0. The molecular formula is C12H11F5FeN2O2. The first-order valence-electron chi connectivity index (χ1n) is 5.74. The van der Waals surface area contributed by atoms with Gasteiger partial charge >= 0.3 is 6.18 Å². The van der Waals surface area contributed by atoms with E-state index in [4.69, 9.17) is 5.26 Å². The van der Waals surface area contributed by atoms with E-state index < -0.39 is 52.9 Å².